The summed E-state index contributed by atoms with van der Waals surface area (Å²) in [5.41, 5.74) is 1.70. The Kier molecular flexibility index (Phi) is 4.67. The van der Waals surface area contributed by atoms with Crippen molar-refractivity contribution in [3.8, 4) is 5.75 Å². The second kappa shape index (κ2) is 6.28. The van der Waals surface area contributed by atoms with Crippen LogP contribution in [0.3, 0.4) is 0 Å². The number of fused-ring (bicyclic) bond motifs is 1. The smallest absolute Gasteiger partial charge is 0.338 e. The van der Waals surface area contributed by atoms with Gasteiger partial charge in [-0.1, -0.05) is 0 Å². The van der Waals surface area contributed by atoms with E-state index in [2.05, 4.69) is 15.9 Å². The van der Waals surface area contributed by atoms with Gasteiger partial charge in [0.05, 0.1) is 24.7 Å². The van der Waals surface area contributed by atoms with E-state index in [0.29, 0.717) is 34.6 Å². The van der Waals surface area contributed by atoms with Crippen LogP contribution in [0.4, 0.5) is 0 Å². The first-order valence-electron chi connectivity index (χ1n) is 6.19. The number of halogens is 1. The third kappa shape index (κ3) is 2.66. The Labute approximate surface area is 124 Å². The number of aliphatic hydroxyl groups is 1. The molecule has 1 aromatic carbocycles. The number of carbonyl (C=O) groups excluding carboxylic acids is 1. The van der Waals surface area contributed by atoms with E-state index in [0.717, 1.165) is 10.9 Å². The van der Waals surface area contributed by atoms with Crippen LogP contribution in [0.15, 0.2) is 21.2 Å². The fraction of sp³-hybridized carbons (Fsp3) is 0.357. The van der Waals surface area contributed by atoms with Gasteiger partial charge in [0, 0.05) is 18.6 Å². The van der Waals surface area contributed by atoms with Crippen molar-refractivity contribution in [2.75, 3.05) is 20.3 Å². The zero-order valence-electron chi connectivity index (χ0n) is 11.2. The number of benzene rings is 1. The Morgan fingerprint density at radius 1 is 1.45 bits per heavy atom. The van der Waals surface area contributed by atoms with Crippen molar-refractivity contribution in [2.24, 2.45) is 0 Å². The summed E-state index contributed by atoms with van der Waals surface area (Å²) in [5, 5.41) is 9.87. The van der Waals surface area contributed by atoms with Crippen molar-refractivity contribution in [1.29, 1.82) is 0 Å². The summed E-state index contributed by atoms with van der Waals surface area (Å²) in [6, 6.07) is 3.23. The van der Waals surface area contributed by atoms with Crippen molar-refractivity contribution in [2.45, 2.75) is 13.3 Å². The maximum atomic E-state index is 11.8. The van der Waals surface area contributed by atoms with Crippen LogP contribution >= 0.6 is 15.9 Å². The first-order chi connectivity index (χ1) is 9.62. The lowest BCUT2D eigenvalue weighted by atomic mass is 10.1. The molecule has 20 heavy (non-hydrogen) atoms. The average Bonchev–Trinajstić information content (AvgIpc) is 2.75. The predicted molar refractivity (Wildman–Crippen MR) is 77.2 cm³/mol. The van der Waals surface area contributed by atoms with Gasteiger partial charge in [-0.25, -0.2) is 4.79 Å². The summed E-state index contributed by atoms with van der Waals surface area (Å²) in [7, 11) is 1.52. The van der Waals surface area contributed by atoms with Gasteiger partial charge >= 0.3 is 5.97 Å². The van der Waals surface area contributed by atoms with Crippen LogP contribution < -0.4 is 4.74 Å². The highest BCUT2D eigenvalue weighted by molar-refractivity contribution is 9.10. The predicted octanol–water partition coefficient (Wildman–Crippen LogP) is 2.92. The summed E-state index contributed by atoms with van der Waals surface area (Å²) >= 11 is 3.32. The van der Waals surface area contributed by atoms with Crippen LogP contribution in [0.25, 0.3) is 11.0 Å². The van der Waals surface area contributed by atoms with E-state index >= 15 is 0 Å². The second-order valence-corrected chi connectivity index (χ2v) is 4.82. The Morgan fingerprint density at radius 3 is 2.80 bits per heavy atom. The van der Waals surface area contributed by atoms with Gasteiger partial charge in [-0.2, -0.15) is 0 Å². The first-order valence-corrected chi connectivity index (χ1v) is 6.98. The Hall–Kier alpha value is -1.53. The van der Waals surface area contributed by atoms with Gasteiger partial charge in [-0.3, -0.25) is 0 Å². The number of aliphatic hydroxyl groups excluding tert-OH is 1. The van der Waals surface area contributed by atoms with Gasteiger partial charge in [-0.15, -0.1) is 0 Å². The highest BCUT2D eigenvalue weighted by Gasteiger charge is 2.19. The number of hydrogen-bond donors (Lipinski definition) is 1. The molecule has 0 radical (unpaired) electrons. The van der Waals surface area contributed by atoms with Crippen molar-refractivity contribution in [3.05, 3.63) is 27.9 Å². The topological polar surface area (TPSA) is 68.9 Å². The quantitative estimate of drug-likeness (QED) is 0.846. The second-order valence-electron chi connectivity index (χ2n) is 4.10. The molecule has 1 aromatic heterocycles. The molecule has 5 nitrogen and oxygen atoms in total. The van der Waals surface area contributed by atoms with Crippen LogP contribution in [-0.4, -0.2) is 31.4 Å². The molecular formula is C14H15BrO5. The molecule has 1 N–H and O–H groups in total. The van der Waals surface area contributed by atoms with Crippen molar-refractivity contribution < 1.29 is 23.8 Å². The molecule has 0 bridgehead atoms. The standard InChI is InChI=1S/C14H15BrO5/c1-3-19-14(17)8-6-10(18-2)12-9(4-5-16)13(15)20-11(12)7-8/h6-7,16H,3-5H2,1-2H3. The lowest BCUT2D eigenvalue weighted by Crippen LogP contribution is -2.05. The molecule has 0 saturated carbocycles. The Morgan fingerprint density at radius 2 is 2.20 bits per heavy atom. The molecule has 0 aliphatic heterocycles. The number of carbonyl (C=O) groups is 1. The Balaban J connectivity index is 2.61. The highest BCUT2D eigenvalue weighted by atomic mass is 79.9. The van der Waals surface area contributed by atoms with Crippen LogP contribution in [0, 0.1) is 0 Å². The highest BCUT2D eigenvalue weighted by Crippen LogP contribution is 2.37. The Bertz CT molecular complexity index is 632. The molecule has 0 spiro atoms. The van der Waals surface area contributed by atoms with Gasteiger partial charge in [0.1, 0.15) is 11.3 Å². The average molecular weight is 343 g/mol. The van der Waals surface area contributed by atoms with Gasteiger partial charge in [0.25, 0.3) is 0 Å². The van der Waals surface area contributed by atoms with Crippen molar-refractivity contribution in [1.82, 2.24) is 0 Å². The van der Waals surface area contributed by atoms with E-state index in [9.17, 15) is 4.79 Å². The number of ether oxygens (including phenoxy) is 2. The lowest BCUT2D eigenvalue weighted by molar-refractivity contribution is 0.0526. The van der Waals surface area contributed by atoms with E-state index < -0.39 is 5.97 Å². The molecular weight excluding hydrogens is 328 g/mol. The minimum absolute atomic E-state index is 0.00395. The van der Waals surface area contributed by atoms with E-state index in [1.54, 1.807) is 19.1 Å². The zero-order chi connectivity index (χ0) is 14.7. The molecule has 6 heteroatoms. The van der Waals surface area contributed by atoms with Crippen LogP contribution in [0.1, 0.15) is 22.8 Å². The SMILES string of the molecule is CCOC(=O)c1cc(OC)c2c(CCO)c(Br)oc2c1. The van der Waals surface area contributed by atoms with Crippen LogP contribution in [-0.2, 0) is 11.2 Å². The van der Waals surface area contributed by atoms with E-state index in [1.165, 1.54) is 7.11 Å². The van der Waals surface area contributed by atoms with Crippen LogP contribution in [0.5, 0.6) is 5.75 Å². The maximum absolute atomic E-state index is 11.8. The third-order valence-corrected chi connectivity index (χ3v) is 3.54. The molecule has 0 amide bonds. The van der Waals surface area contributed by atoms with E-state index in [1.807, 2.05) is 0 Å². The fourth-order valence-electron chi connectivity index (χ4n) is 2.05. The van der Waals surface area contributed by atoms with Crippen molar-refractivity contribution >= 4 is 32.9 Å². The first kappa shape index (κ1) is 14.9. The molecule has 108 valence electrons. The molecule has 0 aliphatic rings. The lowest BCUT2D eigenvalue weighted by Gasteiger charge is -2.07. The molecule has 0 fully saturated rings. The molecule has 1 heterocycles. The zero-order valence-corrected chi connectivity index (χ0v) is 12.8. The molecule has 2 aromatic rings. The van der Waals surface area contributed by atoms with Gasteiger partial charge in [0.15, 0.2) is 4.67 Å². The summed E-state index contributed by atoms with van der Waals surface area (Å²) in [5.74, 6) is 0.0902. The number of methoxy groups -OCH3 is 1. The number of rotatable bonds is 5. The molecule has 2 rings (SSSR count). The number of esters is 1. The van der Waals surface area contributed by atoms with Gasteiger partial charge in [0.2, 0.25) is 0 Å². The largest absolute Gasteiger partial charge is 0.496 e. The number of hydrogen-bond acceptors (Lipinski definition) is 5. The normalized spacial score (nSPS) is 10.8. The van der Waals surface area contributed by atoms with E-state index in [4.69, 9.17) is 19.0 Å². The molecule has 0 atom stereocenters. The summed E-state index contributed by atoms with van der Waals surface area (Å²) < 4.78 is 16.4. The minimum Gasteiger partial charge on any atom is -0.496 e. The maximum Gasteiger partial charge on any atom is 0.338 e. The fourth-order valence-corrected chi connectivity index (χ4v) is 2.62. The summed E-state index contributed by atoms with van der Waals surface area (Å²) in [4.78, 5) is 11.8. The van der Waals surface area contributed by atoms with Crippen molar-refractivity contribution in [3.63, 3.8) is 0 Å². The summed E-state index contributed by atoms with van der Waals surface area (Å²) in [6.07, 6.45) is 0.433. The summed E-state index contributed by atoms with van der Waals surface area (Å²) in [6.45, 7) is 2.04. The molecule has 0 aliphatic carbocycles. The molecule has 0 unspecified atom stereocenters. The van der Waals surface area contributed by atoms with Gasteiger partial charge < -0.3 is 19.0 Å². The van der Waals surface area contributed by atoms with Crippen LogP contribution in [0.2, 0.25) is 0 Å². The number of furan rings is 1. The monoisotopic (exact) mass is 342 g/mol. The third-order valence-electron chi connectivity index (χ3n) is 2.90. The molecule has 0 saturated heterocycles. The minimum atomic E-state index is -0.427. The van der Waals surface area contributed by atoms with Gasteiger partial charge in [-0.05, 0) is 35.0 Å². The van der Waals surface area contributed by atoms with E-state index in [-0.39, 0.29) is 6.61 Å².